The molecule has 0 atom stereocenters. The summed E-state index contributed by atoms with van der Waals surface area (Å²) in [4.78, 5) is 21.5. The molecule has 4 rings (SSSR count). The highest BCUT2D eigenvalue weighted by Gasteiger charge is 2.13. The predicted octanol–water partition coefficient (Wildman–Crippen LogP) is 5.25. The Morgan fingerprint density at radius 1 is 0.818 bits per heavy atom. The maximum atomic E-state index is 12.3. The molecule has 170 valence electrons. The highest BCUT2D eigenvalue weighted by molar-refractivity contribution is 7.13. The van der Waals surface area contributed by atoms with Crippen LogP contribution in [0.5, 0.6) is 17.2 Å². The lowest BCUT2D eigenvalue weighted by atomic mass is 10.2. The average Bonchev–Trinajstić information content (AvgIpc) is 3.52. The summed E-state index contributed by atoms with van der Waals surface area (Å²) in [7, 11) is 4.81. The van der Waals surface area contributed by atoms with Gasteiger partial charge in [0.25, 0.3) is 0 Å². The number of methoxy groups -OCH3 is 3. The van der Waals surface area contributed by atoms with Gasteiger partial charge in [-0.3, -0.25) is 4.79 Å². The number of nitrogens with zero attached hydrogens (tertiary/aromatic N) is 2. The first-order chi connectivity index (χ1) is 16.1. The number of carbonyl (C=O) groups excluding carboxylic acids is 1. The second-order valence-electron chi connectivity index (χ2n) is 6.93. The zero-order valence-corrected chi connectivity index (χ0v) is 20.0. The summed E-state index contributed by atoms with van der Waals surface area (Å²) in [5.74, 6) is 1.70. The minimum atomic E-state index is -0.352. The van der Waals surface area contributed by atoms with E-state index in [0.717, 1.165) is 26.9 Å². The lowest BCUT2D eigenvalue weighted by Gasteiger charge is -2.08. The predicted molar refractivity (Wildman–Crippen MR) is 128 cm³/mol. The van der Waals surface area contributed by atoms with Crippen LogP contribution in [0.4, 0.5) is 0 Å². The van der Waals surface area contributed by atoms with Crippen LogP contribution >= 0.6 is 22.7 Å². The Labute approximate surface area is 199 Å². The van der Waals surface area contributed by atoms with Crippen molar-refractivity contribution in [2.45, 2.75) is 13.0 Å². The number of benzene rings is 2. The van der Waals surface area contributed by atoms with Crippen molar-refractivity contribution in [3.63, 3.8) is 0 Å². The van der Waals surface area contributed by atoms with Crippen LogP contribution in [-0.2, 0) is 22.6 Å². The number of esters is 1. The van der Waals surface area contributed by atoms with Crippen LogP contribution in [0.25, 0.3) is 21.1 Å². The monoisotopic (exact) mass is 482 g/mol. The van der Waals surface area contributed by atoms with E-state index in [9.17, 15) is 4.79 Å². The second kappa shape index (κ2) is 10.5. The number of hydrogen-bond acceptors (Lipinski definition) is 9. The van der Waals surface area contributed by atoms with E-state index in [1.165, 1.54) is 22.7 Å². The van der Waals surface area contributed by atoms with Gasteiger partial charge < -0.3 is 18.9 Å². The third kappa shape index (κ3) is 5.50. The molecule has 7 nitrogen and oxygen atoms in total. The Hall–Kier alpha value is -3.43. The molecule has 0 unspecified atom stereocenters. The van der Waals surface area contributed by atoms with E-state index >= 15 is 0 Å². The maximum Gasteiger partial charge on any atom is 0.312 e. The van der Waals surface area contributed by atoms with E-state index in [-0.39, 0.29) is 19.0 Å². The zero-order chi connectivity index (χ0) is 23.2. The van der Waals surface area contributed by atoms with E-state index in [2.05, 4.69) is 9.97 Å². The molecule has 0 radical (unpaired) electrons. The first-order valence-electron chi connectivity index (χ1n) is 10.0. The number of hydrogen-bond donors (Lipinski definition) is 0. The molecule has 0 saturated carbocycles. The molecule has 0 fully saturated rings. The number of rotatable bonds is 9. The molecular weight excluding hydrogens is 460 g/mol. The second-order valence-corrected chi connectivity index (χ2v) is 8.64. The van der Waals surface area contributed by atoms with Crippen molar-refractivity contribution in [3.8, 4) is 38.4 Å². The van der Waals surface area contributed by atoms with Gasteiger partial charge in [0, 0.05) is 21.9 Å². The number of aromatic nitrogens is 2. The van der Waals surface area contributed by atoms with Crippen LogP contribution in [0, 0.1) is 0 Å². The lowest BCUT2D eigenvalue weighted by Crippen LogP contribution is -2.08. The summed E-state index contributed by atoms with van der Waals surface area (Å²) in [6, 6.07) is 13.3. The minimum absolute atomic E-state index is 0.0939. The van der Waals surface area contributed by atoms with Crippen LogP contribution in [-0.4, -0.2) is 37.3 Å². The molecule has 0 aliphatic heterocycles. The van der Waals surface area contributed by atoms with E-state index in [4.69, 9.17) is 18.9 Å². The Bertz CT molecular complexity index is 1250. The normalized spacial score (nSPS) is 10.6. The van der Waals surface area contributed by atoms with Crippen molar-refractivity contribution < 1.29 is 23.7 Å². The first-order valence-corrected chi connectivity index (χ1v) is 11.8. The molecule has 9 heteroatoms. The van der Waals surface area contributed by atoms with E-state index in [1.54, 1.807) is 21.3 Å². The molecule has 2 aromatic heterocycles. The first kappa shape index (κ1) is 22.8. The molecule has 0 saturated heterocycles. The van der Waals surface area contributed by atoms with E-state index < -0.39 is 0 Å². The lowest BCUT2D eigenvalue weighted by molar-refractivity contribution is -0.144. The number of thiazole rings is 2. The Balaban J connectivity index is 1.35. The van der Waals surface area contributed by atoms with Gasteiger partial charge in [-0.15, -0.1) is 22.7 Å². The molecular formula is C24H22N2O5S2. The van der Waals surface area contributed by atoms with E-state index in [0.29, 0.717) is 22.9 Å². The van der Waals surface area contributed by atoms with Gasteiger partial charge in [0.2, 0.25) is 0 Å². The quantitative estimate of drug-likeness (QED) is 0.302. The summed E-state index contributed by atoms with van der Waals surface area (Å²) in [6.45, 7) is 0.117. The highest BCUT2D eigenvalue weighted by atomic mass is 32.1. The molecule has 0 aliphatic rings. The summed E-state index contributed by atoms with van der Waals surface area (Å²) in [5.41, 5.74) is 3.22. The van der Waals surface area contributed by atoms with Crippen molar-refractivity contribution in [2.75, 3.05) is 21.3 Å². The van der Waals surface area contributed by atoms with Gasteiger partial charge in [0.15, 0.2) is 11.5 Å². The fourth-order valence-electron chi connectivity index (χ4n) is 3.11. The fourth-order valence-corrected chi connectivity index (χ4v) is 4.72. The van der Waals surface area contributed by atoms with E-state index in [1.807, 2.05) is 53.2 Å². The van der Waals surface area contributed by atoms with Crippen LogP contribution in [0.3, 0.4) is 0 Å². The van der Waals surface area contributed by atoms with Crippen LogP contribution in [0.2, 0.25) is 0 Å². The van der Waals surface area contributed by atoms with Gasteiger partial charge in [0.1, 0.15) is 22.4 Å². The molecule has 33 heavy (non-hydrogen) atoms. The molecule has 0 N–H and O–H groups in total. The minimum Gasteiger partial charge on any atom is -0.497 e. The summed E-state index contributed by atoms with van der Waals surface area (Å²) in [6.07, 6.45) is 0.0939. The van der Waals surface area contributed by atoms with Gasteiger partial charge in [-0.05, 0) is 30.3 Å². The Kier molecular flexibility index (Phi) is 7.21. The van der Waals surface area contributed by atoms with Crippen LogP contribution in [0.1, 0.15) is 11.4 Å². The highest BCUT2D eigenvalue weighted by Crippen LogP contribution is 2.33. The van der Waals surface area contributed by atoms with Crippen molar-refractivity contribution in [2.24, 2.45) is 0 Å². The fraction of sp³-hybridized carbons (Fsp3) is 0.208. The van der Waals surface area contributed by atoms with Gasteiger partial charge in [-0.1, -0.05) is 12.1 Å². The van der Waals surface area contributed by atoms with Crippen molar-refractivity contribution >= 4 is 28.6 Å². The SMILES string of the molecule is COc1cccc(-c2nc(COC(=O)Cc3csc(-c4ccc(OC)c(OC)c4)n3)cs2)c1. The molecule has 0 bridgehead atoms. The summed E-state index contributed by atoms with van der Waals surface area (Å²) in [5, 5.41) is 5.39. The smallest absolute Gasteiger partial charge is 0.312 e. The molecule has 0 spiro atoms. The molecule has 2 aromatic carbocycles. The number of ether oxygens (including phenoxy) is 4. The molecule has 0 aliphatic carbocycles. The number of carbonyl (C=O) groups is 1. The summed E-state index contributed by atoms with van der Waals surface area (Å²) >= 11 is 2.96. The van der Waals surface area contributed by atoms with Gasteiger partial charge in [-0.25, -0.2) is 9.97 Å². The maximum absolute atomic E-state index is 12.3. The van der Waals surface area contributed by atoms with Crippen LogP contribution < -0.4 is 14.2 Å². The molecule has 2 heterocycles. The van der Waals surface area contributed by atoms with Gasteiger partial charge in [0.05, 0.1) is 39.1 Å². The van der Waals surface area contributed by atoms with Crippen molar-refractivity contribution in [1.82, 2.24) is 9.97 Å². The largest absolute Gasteiger partial charge is 0.497 e. The Morgan fingerprint density at radius 2 is 1.52 bits per heavy atom. The van der Waals surface area contributed by atoms with Crippen molar-refractivity contribution in [1.29, 1.82) is 0 Å². The summed E-state index contributed by atoms with van der Waals surface area (Å²) < 4.78 is 21.3. The van der Waals surface area contributed by atoms with Gasteiger partial charge >= 0.3 is 5.97 Å². The standard InChI is InChI=1S/C24H22N2O5S2/c1-28-19-6-4-5-15(9-19)23-26-18(14-33-23)12-31-22(27)11-17-13-32-24(25-17)16-7-8-20(29-2)21(10-16)30-3/h4-10,13-14H,11-12H2,1-3H3. The topological polar surface area (TPSA) is 79.8 Å². The third-order valence-electron chi connectivity index (χ3n) is 4.76. The van der Waals surface area contributed by atoms with Crippen LogP contribution in [0.15, 0.2) is 53.2 Å². The molecule has 0 amide bonds. The van der Waals surface area contributed by atoms with Crippen molar-refractivity contribution in [3.05, 3.63) is 64.6 Å². The zero-order valence-electron chi connectivity index (χ0n) is 18.4. The third-order valence-corrected chi connectivity index (χ3v) is 6.64. The molecule has 4 aromatic rings. The Morgan fingerprint density at radius 3 is 2.24 bits per heavy atom. The van der Waals surface area contributed by atoms with Gasteiger partial charge in [-0.2, -0.15) is 0 Å². The average molecular weight is 483 g/mol.